The van der Waals surface area contributed by atoms with Gasteiger partial charge in [-0.1, -0.05) is 12.1 Å². The zero-order valence-electron chi connectivity index (χ0n) is 20.9. The molecule has 0 fully saturated rings. The molecule has 1 aliphatic carbocycles. The lowest BCUT2D eigenvalue weighted by molar-refractivity contribution is 0.0952. The van der Waals surface area contributed by atoms with E-state index in [1.165, 1.54) is 12.5 Å². The number of aryl methyl sites for hydroxylation is 1. The minimum atomic E-state index is -0.281. The molecule has 0 atom stereocenters. The number of amides is 2. The summed E-state index contributed by atoms with van der Waals surface area (Å²) in [6.45, 7) is 2.00. The number of benzene rings is 1. The number of nitrogens with one attached hydrogen (secondary N) is 3. The first kappa shape index (κ1) is 24.6. The number of aromatic amines is 1. The number of H-pyrrole nitrogens is 1. The number of carbonyl (C=O) groups excluding carboxylic acids is 2. The van der Waals surface area contributed by atoms with E-state index < -0.39 is 0 Å². The Kier molecular flexibility index (Phi) is 7.03. The van der Waals surface area contributed by atoms with Crippen LogP contribution in [0.15, 0.2) is 84.8 Å². The Balaban J connectivity index is 1.26. The number of nitrogens with zero attached hydrogens (tertiary/aromatic N) is 4. The fourth-order valence-electron chi connectivity index (χ4n) is 4.00. The molecule has 1 aromatic carbocycles. The highest BCUT2D eigenvalue weighted by Gasteiger charge is 2.15. The molecule has 0 radical (unpaired) electrons. The largest absolute Gasteiger partial charge is 0.462 e. The van der Waals surface area contributed by atoms with Gasteiger partial charge in [-0.3, -0.25) is 24.7 Å². The maximum atomic E-state index is 13.0. The molecule has 1 aliphatic rings. The van der Waals surface area contributed by atoms with E-state index in [1.807, 2.05) is 49.4 Å². The number of allylic oxidation sites excluding steroid dienone is 4. The monoisotopic (exact) mass is 507 g/mol. The maximum absolute atomic E-state index is 13.0. The number of rotatable bonds is 7. The Morgan fingerprint density at radius 2 is 1.87 bits per heavy atom. The second-order valence-electron chi connectivity index (χ2n) is 8.63. The molecule has 3 aromatic heterocycles. The molecular formula is C28H25N7O3. The van der Waals surface area contributed by atoms with Crippen molar-refractivity contribution >= 4 is 11.8 Å². The van der Waals surface area contributed by atoms with Gasteiger partial charge in [0.2, 0.25) is 0 Å². The van der Waals surface area contributed by atoms with Gasteiger partial charge >= 0.3 is 0 Å². The van der Waals surface area contributed by atoms with E-state index in [0.717, 1.165) is 28.1 Å². The predicted molar refractivity (Wildman–Crippen MR) is 141 cm³/mol. The van der Waals surface area contributed by atoms with E-state index >= 15 is 0 Å². The first-order chi connectivity index (χ1) is 18.5. The van der Waals surface area contributed by atoms with Crippen LogP contribution < -0.4 is 15.4 Å². The molecule has 0 saturated heterocycles. The Morgan fingerprint density at radius 3 is 2.58 bits per heavy atom. The minimum absolute atomic E-state index is 0.189. The lowest BCUT2D eigenvalue weighted by Gasteiger charge is -2.17. The van der Waals surface area contributed by atoms with Crippen molar-refractivity contribution in [1.82, 2.24) is 35.8 Å². The zero-order chi connectivity index (χ0) is 26.5. The third-order valence-corrected chi connectivity index (χ3v) is 6.06. The molecule has 4 aromatic rings. The molecule has 2 amide bonds. The van der Waals surface area contributed by atoms with Crippen molar-refractivity contribution in [3.63, 3.8) is 0 Å². The van der Waals surface area contributed by atoms with Crippen LogP contribution in [0.25, 0.3) is 22.6 Å². The minimum Gasteiger partial charge on any atom is -0.462 e. The fourth-order valence-corrected chi connectivity index (χ4v) is 4.00. The van der Waals surface area contributed by atoms with Gasteiger partial charge in [0.1, 0.15) is 29.2 Å². The van der Waals surface area contributed by atoms with E-state index in [1.54, 1.807) is 25.4 Å². The van der Waals surface area contributed by atoms with Crippen LogP contribution in [-0.4, -0.2) is 44.0 Å². The first-order valence-electron chi connectivity index (χ1n) is 12.0. The number of hydrogen-bond acceptors (Lipinski definition) is 7. The molecule has 0 aliphatic heterocycles. The third kappa shape index (κ3) is 5.49. The van der Waals surface area contributed by atoms with Crippen LogP contribution in [0.4, 0.5) is 0 Å². The van der Waals surface area contributed by atoms with Crippen LogP contribution in [0.5, 0.6) is 5.75 Å². The molecule has 190 valence electrons. The predicted octanol–water partition coefficient (Wildman–Crippen LogP) is 3.97. The van der Waals surface area contributed by atoms with E-state index in [0.29, 0.717) is 35.7 Å². The van der Waals surface area contributed by atoms with Crippen molar-refractivity contribution in [3.05, 3.63) is 102 Å². The summed E-state index contributed by atoms with van der Waals surface area (Å²) in [5.41, 5.74) is 5.18. The summed E-state index contributed by atoms with van der Waals surface area (Å²) >= 11 is 0. The highest BCUT2D eigenvalue weighted by Crippen LogP contribution is 2.26. The summed E-state index contributed by atoms with van der Waals surface area (Å²) in [5, 5.41) is 12.2. The van der Waals surface area contributed by atoms with Gasteiger partial charge in [-0.2, -0.15) is 5.10 Å². The van der Waals surface area contributed by atoms with Crippen molar-refractivity contribution in [2.24, 2.45) is 0 Å². The van der Waals surface area contributed by atoms with Crippen LogP contribution in [0.1, 0.15) is 39.3 Å². The number of pyridine rings is 2. The van der Waals surface area contributed by atoms with Gasteiger partial charge in [0.05, 0.1) is 0 Å². The van der Waals surface area contributed by atoms with Gasteiger partial charge in [-0.25, -0.2) is 4.98 Å². The highest BCUT2D eigenvalue weighted by atomic mass is 16.5. The molecule has 5 rings (SSSR count). The molecule has 10 heteroatoms. The Hall–Kier alpha value is -5.12. The summed E-state index contributed by atoms with van der Waals surface area (Å²) in [7, 11) is 1.55. The molecule has 3 heterocycles. The van der Waals surface area contributed by atoms with Crippen molar-refractivity contribution in [2.45, 2.75) is 19.8 Å². The SMILES string of the molecule is CNC(=O)c1cc(OC2=CC=C(NC(=O)c3ccc(C)c(-c4ccc(-c5ncn[nH]5)nc4)c3)CC2)ccn1. The Bertz CT molecular complexity index is 1540. The standard InChI is InChI=1S/C28H25N7O3/c1-17-3-4-18(13-23(17)19-5-10-24(31-15-19)26-32-16-33-35-26)27(36)34-20-6-8-21(9-7-20)38-22-11-12-30-25(14-22)28(37)29-2/h3-6,8,10-16H,7,9H2,1-2H3,(H,29,37)(H,34,36)(H,32,33,35). The van der Waals surface area contributed by atoms with E-state index in [4.69, 9.17) is 4.74 Å². The molecular weight excluding hydrogens is 482 g/mol. The number of hydrogen-bond donors (Lipinski definition) is 3. The van der Waals surface area contributed by atoms with Crippen LogP contribution in [-0.2, 0) is 0 Å². The number of aromatic nitrogens is 5. The van der Waals surface area contributed by atoms with Crippen LogP contribution in [0, 0.1) is 6.92 Å². The van der Waals surface area contributed by atoms with Gasteiger partial charge in [0.25, 0.3) is 11.8 Å². The van der Waals surface area contributed by atoms with Crippen molar-refractivity contribution in [2.75, 3.05) is 7.05 Å². The van der Waals surface area contributed by atoms with E-state index in [9.17, 15) is 9.59 Å². The number of ether oxygens (including phenoxy) is 1. The zero-order valence-corrected chi connectivity index (χ0v) is 20.9. The molecule has 3 N–H and O–H groups in total. The Morgan fingerprint density at radius 1 is 0.974 bits per heavy atom. The van der Waals surface area contributed by atoms with Gasteiger partial charge in [0, 0.05) is 48.8 Å². The van der Waals surface area contributed by atoms with Crippen molar-refractivity contribution < 1.29 is 14.3 Å². The summed E-state index contributed by atoms with van der Waals surface area (Å²) < 4.78 is 5.91. The summed E-state index contributed by atoms with van der Waals surface area (Å²) in [6.07, 6.45) is 9.59. The van der Waals surface area contributed by atoms with Gasteiger partial charge in [-0.15, -0.1) is 0 Å². The lowest BCUT2D eigenvalue weighted by Crippen LogP contribution is -2.24. The second kappa shape index (κ2) is 10.9. The number of carbonyl (C=O) groups is 2. The second-order valence-corrected chi connectivity index (χ2v) is 8.63. The van der Waals surface area contributed by atoms with Crippen LogP contribution >= 0.6 is 0 Å². The van der Waals surface area contributed by atoms with Crippen molar-refractivity contribution in [1.29, 1.82) is 0 Å². The highest BCUT2D eigenvalue weighted by molar-refractivity contribution is 5.97. The molecule has 0 spiro atoms. The lowest BCUT2D eigenvalue weighted by atomic mass is 9.98. The van der Waals surface area contributed by atoms with Crippen LogP contribution in [0.3, 0.4) is 0 Å². The average molecular weight is 508 g/mol. The molecule has 0 unspecified atom stereocenters. The van der Waals surface area contributed by atoms with Crippen molar-refractivity contribution in [3.8, 4) is 28.4 Å². The molecule has 0 saturated carbocycles. The molecule has 10 nitrogen and oxygen atoms in total. The normalized spacial score (nSPS) is 12.8. The Labute approximate surface area is 218 Å². The van der Waals surface area contributed by atoms with Gasteiger partial charge in [-0.05, 0) is 60.9 Å². The van der Waals surface area contributed by atoms with Gasteiger partial charge < -0.3 is 15.4 Å². The third-order valence-electron chi connectivity index (χ3n) is 6.06. The smallest absolute Gasteiger partial charge is 0.269 e. The van der Waals surface area contributed by atoms with Crippen LogP contribution in [0.2, 0.25) is 0 Å². The average Bonchev–Trinajstić information content (AvgIpc) is 3.49. The van der Waals surface area contributed by atoms with E-state index in [2.05, 4.69) is 35.8 Å². The molecule has 38 heavy (non-hydrogen) atoms. The van der Waals surface area contributed by atoms with E-state index in [-0.39, 0.29) is 17.5 Å². The summed E-state index contributed by atoms with van der Waals surface area (Å²) in [5.74, 6) is 1.39. The maximum Gasteiger partial charge on any atom is 0.269 e. The van der Waals surface area contributed by atoms with Gasteiger partial charge in [0.15, 0.2) is 5.82 Å². The summed E-state index contributed by atoms with van der Waals surface area (Å²) in [6, 6.07) is 12.7. The molecule has 0 bridgehead atoms. The summed E-state index contributed by atoms with van der Waals surface area (Å²) in [4.78, 5) is 37.5. The quantitative estimate of drug-likeness (QED) is 0.344. The first-order valence-corrected chi connectivity index (χ1v) is 12.0. The fraction of sp³-hybridized carbons (Fsp3) is 0.143. The topological polar surface area (TPSA) is 135 Å².